The van der Waals surface area contributed by atoms with E-state index in [4.69, 9.17) is 0 Å². The van der Waals surface area contributed by atoms with Crippen LogP contribution in [0.15, 0.2) is 285 Å². The van der Waals surface area contributed by atoms with Gasteiger partial charge in [-0.2, -0.15) is 0 Å². The Kier molecular flexibility index (Phi) is 12.0. The van der Waals surface area contributed by atoms with Crippen molar-refractivity contribution in [1.29, 1.82) is 0 Å². The van der Waals surface area contributed by atoms with Gasteiger partial charge in [0.2, 0.25) is 0 Å². The Morgan fingerprint density at radius 1 is 0.231 bits per heavy atom. The molecule has 0 heterocycles. The molecule has 0 amide bonds. The molecule has 0 bridgehead atoms. The van der Waals surface area contributed by atoms with Crippen molar-refractivity contribution in [2.75, 3.05) is 19.6 Å². The summed E-state index contributed by atoms with van der Waals surface area (Å²) in [6, 6.07) is 88.3. The third-order valence-corrected chi connectivity index (χ3v) is 11.6. The maximum atomic E-state index is 2.32. The molecule has 0 radical (unpaired) electrons. The summed E-state index contributed by atoms with van der Waals surface area (Å²) >= 11 is 0. The van der Waals surface area contributed by atoms with E-state index in [1.807, 2.05) is 0 Å². The minimum absolute atomic E-state index is 0.886. The van der Waals surface area contributed by atoms with E-state index in [9.17, 15) is 0 Å². The van der Waals surface area contributed by atoms with Crippen molar-refractivity contribution in [3.63, 3.8) is 0 Å². The Hall–Kier alpha value is -8.60. The standard InChI is InChI=1S/C61H48N4/c1-2-9-21-50(20-8-1)62(51-22-10-3-11-23-51)58-40-44-60(45-41-58)64(54-28-16-6-17-29-54)56-36-32-48(33-37-56)49-34-38-57(39-35-49)65(55-30-18-7-19-31-55)61-46-42-59(43-47-61)63(52-24-12-4-13-25-52)53-26-14-5-15-27-53/h1-8,10-47H,9H2. The fraction of sp³-hybridized carbons (Fsp3) is 0.0164. The third kappa shape index (κ3) is 9.01. The van der Waals surface area contributed by atoms with Crippen LogP contribution in [-0.2, 0) is 0 Å². The summed E-state index contributed by atoms with van der Waals surface area (Å²) in [6.45, 7) is 0. The molecule has 4 heteroatoms. The summed E-state index contributed by atoms with van der Waals surface area (Å²) in [5, 5.41) is 0. The molecule has 4 nitrogen and oxygen atoms in total. The summed E-state index contributed by atoms with van der Waals surface area (Å²) in [7, 11) is 0. The van der Waals surface area contributed by atoms with E-state index >= 15 is 0 Å². The van der Waals surface area contributed by atoms with E-state index in [0.717, 1.165) is 85.8 Å². The van der Waals surface area contributed by atoms with Crippen LogP contribution >= 0.6 is 0 Å². The van der Waals surface area contributed by atoms with Gasteiger partial charge < -0.3 is 19.6 Å². The number of hydrogen-bond donors (Lipinski definition) is 0. The predicted molar refractivity (Wildman–Crippen MR) is 275 cm³/mol. The highest BCUT2D eigenvalue weighted by atomic mass is 15.2. The second-order valence-corrected chi connectivity index (χ2v) is 15.8. The topological polar surface area (TPSA) is 13.0 Å². The molecule has 0 unspecified atom stereocenters. The summed E-state index contributed by atoms with van der Waals surface area (Å²) in [6.07, 6.45) is 11.8. The molecule has 65 heavy (non-hydrogen) atoms. The molecular weight excluding hydrogens is 789 g/mol. The van der Waals surface area contributed by atoms with Crippen LogP contribution in [0.3, 0.4) is 0 Å². The van der Waals surface area contributed by atoms with Crippen molar-refractivity contribution >= 4 is 62.6 Å². The van der Waals surface area contributed by atoms with E-state index in [1.54, 1.807) is 0 Å². The lowest BCUT2D eigenvalue weighted by atomic mass is 10.0. The summed E-state index contributed by atoms with van der Waals surface area (Å²) in [4.78, 5) is 9.25. The smallest absolute Gasteiger partial charge is 0.0463 e. The molecular formula is C61H48N4. The zero-order valence-electron chi connectivity index (χ0n) is 36.1. The first-order valence-electron chi connectivity index (χ1n) is 22.2. The fourth-order valence-corrected chi connectivity index (χ4v) is 8.52. The first kappa shape index (κ1) is 40.5. The maximum Gasteiger partial charge on any atom is 0.0463 e. The quantitative estimate of drug-likeness (QED) is 0.115. The normalized spacial score (nSPS) is 11.9. The number of allylic oxidation sites excluding steroid dienone is 5. The molecule has 0 fully saturated rings. The molecule has 1 aliphatic carbocycles. The molecule has 10 rings (SSSR count). The number of hydrogen-bond acceptors (Lipinski definition) is 4. The average molecular weight is 837 g/mol. The maximum absolute atomic E-state index is 2.32. The molecule has 0 atom stereocenters. The molecule has 0 aromatic heterocycles. The summed E-state index contributed by atoms with van der Waals surface area (Å²) < 4.78 is 0. The fourth-order valence-electron chi connectivity index (χ4n) is 8.52. The first-order valence-corrected chi connectivity index (χ1v) is 22.2. The molecule has 0 aliphatic heterocycles. The van der Waals surface area contributed by atoms with Gasteiger partial charge >= 0.3 is 0 Å². The van der Waals surface area contributed by atoms with Gasteiger partial charge in [0.1, 0.15) is 0 Å². The molecule has 312 valence electrons. The van der Waals surface area contributed by atoms with E-state index in [0.29, 0.717) is 0 Å². The van der Waals surface area contributed by atoms with Crippen molar-refractivity contribution < 1.29 is 0 Å². The lowest BCUT2D eigenvalue weighted by Gasteiger charge is -2.29. The predicted octanol–water partition coefficient (Wildman–Crippen LogP) is 17.3. The van der Waals surface area contributed by atoms with Gasteiger partial charge in [-0.25, -0.2) is 0 Å². The summed E-state index contributed by atoms with van der Waals surface area (Å²) in [5.74, 6) is 0. The average Bonchev–Trinajstić information content (AvgIpc) is 3.67. The highest BCUT2D eigenvalue weighted by Crippen LogP contribution is 2.41. The van der Waals surface area contributed by atoms with Crippen LogP contribution in [0.5, 0.6) is 0 Å². The number of anilines is 11. The minimum atomic E-state index is 0.886. The van der Waals surface area contributed by atoms with E-state index < -0.39 is 0 Å². The number of benzene rings is 9. The molecule has 1 aliphatic rings. The van der Waals surface area contributed by atoms with Gasteiger partial charge in [0, 0.05) is 68.3 Å². The van der Waals surface area contributed by atoms with Crippen LogP contribution in [0.2, 0.25) is 0 Å². The molecule has 9 aromatic rings. The van der Waals surface area contributed by atoms with Crippen LogP contribution in [0, 0.1) is 0 Å². The van der Waals surface area contributed by atoms with Crippen LogP contribution in [0.25, 0.3) is 11.1 Å². The molecule has 0 spiro atoms. The van der Waals surface area contributed by atoms with Gasteiger partial charge in [-0.3, -0.25) is 0 Å². The second kappa shape index (κ2) is 19.2. The minimum Gasteiger partial charge on any atom is -0.311 e. The SMILES string of the molecule is C1=CCC=C(N(c2ccccc2)c2ccc(N(c3ccccc3)c3ccc(-c4ccc(N(c5ccccc5)c5ccc(N(c6ccccc6)c6ccccc6)cc5)cc4)cc3)cc2)C=C1. The van der Waals surface area contributed by atoms with Gasteiger partial charge in [-0.05, 0) is 157 Å². The van der Waals surface area contributed by atoms with Crippen molar-refractivity contribution in [3.8, 4) is 11.1 Å². The number of rotatable bonds is 13. The lowest BCUT2D eigenvalue weighted by Crippen LogP contribution is -2.15. The van der Waals surface area contributed by atoms with Crippen molar-refractivity contribution in [1.82, 2.24) is 0 Å². The second-order valence-electron chi connectivity index (χ2n) is 15.8. The number of nitrogens with zero attached hydrogens (tertiary/aromatic N) is 4. The monoisotopic (exact) mass is 836 g/mol. The van der Waals surface area contributed by atoms with Crippen molar-refractivity contribution in [2.24, 2.45) is 0 Å². The van der Waals surface area contributed by atoms with Gasteiger partial charge in [0.15, 0.2) is 0 Å². The lowest BCUT2D eigenvalue weighted by molar-refractivity contribution is 1.18. The first-order chi connectivity index (χ1) is 32.3. The Bertz CT molecular complexity index is 2960. The van der Waals surface area contributed by atoms with E-state index in [2.05, 4.69) is 299 Å². The number of para-hydroxylation sites is 5. The Labute approximate surface area is 382 Å². The van der Waals surface area contributed by atoms with E-state index in [1.165, 1.54) is 0 Å². The highest BCUT2D eigenvalue weighted by molar-refractivity contribution is 5.84. The van der Waals surface area contributed by atoms with Crippen LogP contribution < -0.4 is 19.6 Å². The van der Waals surface area contributed by atoms with Crippen molar-refractivity contribution in [3.05, 3.63) is 285 Å². The van der Waals surface area contributed by atoms with Crippen LogP contribution in [0.4, 0.5) is 62.6 Å². The van der Waals surface area contributed by atoms with Crippen molar-refractivity contribution in [2.45, 2.75) is 6.42 Å². The molecule has 9 aromatic carbocycles. The zero-order chi connectivity index (χ0) is 43.6. The Morgan fingerprint density at radius 2 is 0.477 bits per heavy atom. The molecule has 0 saturated heterocycles. The zero-order valence-corrected chi connectivity index (χ0v) is 36.1. The van der Waals surface area contributed by atoms with Crippen LogP contribution in [0.1, 0.15) is 6.42 Å². The highest BCUT2D eigenvalue weighted by Gasteiger charge is 2.19. The Balaban J connectivity index is 0.930. The van der Waals surface area contributed by atoms with E-state index in [-0.39, 0.29) is 0 Å². The van der Waals surface area contributed by atoms with Crippen LogP contribution in [-0.4, -0.2) is 0 Å². The molecule has 0 saturated carbocycles. The summed E-state index contributed by atoms with van der Waals surface area (Å²) in [5.41, 5.74) is 15.5. The molecule has 0 N–H and O–H groups in total. The third-order valence-electron chi connectivity index (χ3n) is 11.6. The van der Waals surface area contributed by atoms with Gasteiger partial charge in [-0.1, -0.05) is 140 Å². The van der Waals surface area contributed by atoms with Gasteiger partial charge in [-0.15, -0.1) is 0 Å². The van der Waals surface area contributed by atoms with Gasteiger partial charge in [0.05, 0.1) is 0 Å². The van der Waals surface area contributed by atoms with Gasteiger partial charge in [0.25, 0.3) is 0 Å². The Morgan fingerprint density at radius 3 is 0.785 bits per heavy atom. The largest absolute Gasteiger partial charge is 0.311 e.